The summed E-state index contributed by atoms with van der Waals surface area (Å²) in [6.07, 6.45) is -0.680. The molecule has 0 aliphatic heterocycles. The SMILES string of the molecule is Nc1cc(N)cc(-c2cc(N)cc(N)c2CC(O)CO)c1. The number of anilines is 4. The minimum absolute atomic E-state index is 0.215. The number of benzene rings is 2. The second-order valence-corrected chi connectivity index (χ2v) is 5.07. The molecule has 0 saturated carbocycles. The van der Waals surface area contributed by atoms with Crippen molar-refractivity contribution in [2.24, 2.45) is 0 Å². The van der Waals surface area contributed by atoms with E-state index in [4.69, 9.17) is 28.0 Å². The smallest absolute Gasteiger partial charge is 0.0812 e. The van der Waals surface area contributed by atoms with Gasteiger partial charge in [0.1, 0.15) is 0 Å². The summed E-state index contributed by atoms with van der Waals surface area (Å²) in [4.78, 5) is 0. The van der Waals surface area contributed by atoms with Gasteiger partial charge in [-0.15, -0.1) is 0 Å². The normalized spacial score (nSPS) is 12.3. The summed E-state index contributed by atoms with van der Waals surface area (Å²) in [6.45, 7) is -0.345. The maximum atomic E-state index is 9.70. The third-order valence-electron chi connectivity index (χ3n) is 3.25. The lowest BCUT2D eigenvalue weighted by molar-refractivity contribution is 0.0957. The highest BCUT2D eigenvalue weighted by Gasteiger charge is 2.15. The molecule has 0 radical (unpaired) electrons. The van der Waals surface area contributed by atoms with E-state index in [2.05, 4.69) is 0 Å². The summed E-state index contributed by atoms with van der Waals surface area (Å²) in [5.74, 6) is 0. The molecule has 21 heavy (non-hydrogen) atoms. The number of aliphatic hydroxyl groups is 2. The van der Waals surface area contributed by atoms with E-state index in [0.29, 0.717) is 28.3 Å². The fraction of sp³-hybridized carbons (Fsp3) is 0.200. The molecule has 2 aromatic carbocycles. The quantitative estimate of drug-likeness (QED) is 0.454. The minimum Gasteiger partial charge on any atom is -0.399 e. The molecule has 2 rings (SSSR count). The van der Waals surface area contributed by atoms with Gasteiger partial charge < -0.3 is 33.1 Å². The van der Waals surface area contributed by atoms with Gasteiger partial charge in [0.05, 0.1) is 12.7 Å². The molecular formula is C15H20N4O2. The first-order chi connectivity index (χ1) is 9.90. The summed E-state index contributed by atoms with van der Waals surface area (Å²) in [5, 5.41) is 18.7. The Labute approximate surface area is 123 Å². The molecule has 0 aromatic heterocycles. The van der Waals surface area contributed by atoms with Crippen LogP contribution in [0, 0.1) is 0 Å². The van der Waals surface area contributed by atoms with E-state index in [-0.39, 0.29) is 13.0 Å². The number of nitrogen functional groups attached to an aromatic ring is 4. The predicted molar refractivity (Wildman–Crippen MR) is 86.3 cm³/mol. The van der Waals surface area contributed by atoms with Gasteiger partial charge in [0.15, 0.2) is 0 Å². The lowest BCUT2D eigenvalue weighted by Gasteiger charge is -2.17. The molecule has 0 heterocycles. The van der Waals surface area contributed by atoms with Crippen molar-refractivity contribution < 1.29 is 10.2 Å². The average Bonchev–Trinajstić information content (AvgIpc) is 2.40. The van der Waals surface area contributed by atoms with Crippen molar-refractivity contribution in [2.75, 3.05) is 29.5 Å². The average molecular weight is 288 g/mol. The minimum atomic E-state index is -0.895. The fourth-order valence-electron chi connectivity index (χ4n) is 2.34. The van der Waals surface area contributed by atoms with Crippen LogP contribution in [0.5, 0.6) is 0 Å². The van der Waals surface area contributed by atoms with Crippen LogP contribution in [0.15, 0.2) is 30.3 Å². The van der Waals surface area contributed by atoms with Gasteiger partial charge in [-0.1, -0.05) is 0 Å². The molecule has 0 saturated heterocycles. The van der Waals surface area contributed by atoms with Gasteiger partial charge in [0.25, 0.3) is 0 Å². The molecule has 2 aromatic rings. The van der Waals surface area contributed by atoms with Crippen molar-refractivity contribution in [3.8, 4) is 11.1 Å². The third kappa shape index (κ3) is 3.36. The molecule has 10 N–H and O–H groups in total. The van der Waals surface area contributed by atoms with Crippen LogP contribution in [0.3, 0.4) is 0 Å². The molecule has 0 bridgehead atoms. The monoisotopic (exact) mass is 288 g/mol. The lowest BCUT2D eigenvalue weighted by atomic mass is 9.93. The summed E-state index contributed by atoms with van der Waals surface area (Å²) >= 11 is 0. The first kappa shape index (κ1) is 15.0. The zero-order valence-electron chi connectivity index (χ0n) is 11.6. The summed E-state index contributed by atoms with van der Waals surface area (Å²) in [6, 6.07) is 8.56. The van der Waals surface area contributed by atoms with Gasteiger partial charge in [-0.3, -0.25) is 0 Å². The Balaban J connectivity index is 2.60. The highest BCUT2D eigenvalue weighted by Crippen LogP contribution is 2.33. The number of rotatable bonds is 4. The molecule has 0 spiro atoms. The van der Waals surface area contributed by atoms with E-state index >= 15 is 0 Å². The first-order valence-corrected chi connectivity index (χ1v) is 6.54. The maximum Gasteiger partial charge on any atom is 0.0812 e. The summed E-state index contributed by atoms with van der Waals surface area (Å²) in [5.41, 5.74) is 27.7. The predicted octanol–water partition coefficient (Wildman–Crippen LogP) is 0.578. The Bertz CT molecular complexity index is 638. The van der Waals surface area contributed by atoms with Crippen LogP contribution in [0.2, 0.25) is 0 Å². The van der Waals surface area contributed by atoms with Crippen LogP contribution in [0.1, 0.15) is 5.56 Å². The molecule has 0 aliphatic rings. The Morgan fingerprint density at radius 1 is 0.857 bits per heavy atom. The first-order valence-electron chi connectivity index (χ1n) is 6.54. The molecule has 0 fully saturated rings. The molecule has 112 valence electrons. The topological polar surface area (TPSA) is 145 Å². The Kier molecular flexibility index (Phi) is 4.21. The molecule has 6 nitrogen and oxygen atoms in total. The summed E-state index contributed by atoms with van der Waals surface area (Å²) < 4.78 is 0. The van der Waals surface area contributed by atoms with E-state index in [1.165, 1.54) is 0 Å². The van der Waals surface area contributed by atoms with Gasteiger partial charge in [-0.25, -0.2) is 0 Å². The van der Waals surface area contributed by atoms with Gasteiger partial charge in [0.2, 0.25) is 0 Å². The second-order valence-electron chi connectivity index (χ2n) is 5.07. The molecule has 0 amide bonds. The van der Waals surface area contributed by atoms with Crippen LogP contribution in [-0.4, -0.2) is 22.9 Å². The van der Waals surface area contributed by atoms with Gasteiger partial charge in [0, 0.05) is 29.2 Å². The van der Waals surface area contributed by atoms with Crippen LogP contribution in [-0.2, 0) is 6.42 Å². The maximum absolute atomic E-state index is 9.70. The van der Waals surface area contributed by atoms with Crippen LogP contribution >= 0.6 is 0 Å². The van der Waals surface area contributed by atoms with E-state index < -0.39 is 6.10 Å². The third-order valence-corrected chi connectivity index (χ3v) is 3.25. The Morgan fingerprint density at radius 3 is 2.00 bits per heavy atom. The van der Waals surface area contributed by atoms with Crippen molar-refractivity contribution in [1.82, 2.24) is 0 Å². The number of hydrogen-bond acceptors (Lipinski definition) is 6. The van der Waals surface area contributed by atoms with Crippen molar-refractivity contribution >= 4 is 22.7 Å². The zero-order valence-corrected chi connectivity index (χ0v) is 11.6. The molecular weight excluding hydrogens is 268 g/mol. The van der Waals surface area contributed by atoms with Gasteiger partial charge >= 0.3 is 0 Å². The number of aliphatic hydroxyl groups excluding tert-OH is 2. The van der Waals surface area contributed by atoms with E-state index in [1.54, 1.807) is 30.3 Å². The Hall–Kier alpha value is -2.44. The van der Waals surface area contributed by atoms with E-state index in [0.717, 1.165) is 11.1 Å². The van der Waals surface area contributed by atoms with Crippen molar-refractivity contribution in [1.29, 1.82) is 0 Å². The van der Waals surface area contributed by atoms with Crippen LogP contribution in [0.25, 0.3) is 11.1 Å². The highest BCUT2D eigenvalue weighted by molar-refractivity contribution is 5.81. The molecule has 1 atom stereocenters. The summed E-state index contributed by atoms with van der Waals surface area (Å²) in [7, 11) is 0. The van der Waals surface area contributed by atoms with Gasteiger partial charge in [-0.2, -0.15) is 0 Å². The van der Waals surface area contributed by atoms with Crippen LogP contribution < -0.4 is 22.9 Å². The van der Waals surface area contributed by atoms with Crippen LogP contribution in [0.4, 0.5) is 22.7 Å². The van der Waals surface area contributed by atoms with Crippen molar-refractivity contribution in [3.63, 3.8) is 0 Å². The van der Waals surface area contributed by atoms with E-state index in [1.807, 2.05) is 0 Å². The lowest BCUT2D eigenvalue weighted by Crippen LogP contribution is -2.17. The fourth-order valence-corrected chi connectivity index (χ4v) is 2.34. The highest BCUT2D eigenvalue weighted by atomic mass is 16.3. The second kappa shape index (κ2) is 5.90. The number of nitrogens with two attached hydrogens (primary N) is 4. The Morgan fingerprint density at radius 2 is 1.43 bits per heavy atom. The van der Waals surface area contributed by atoms with E-state index in [9.17, 15) is 5.11 Å². The molecule has 6 heteroatoms. The molecule has 1 unspecified atom stereocenters. The van der Waals surface area contributed by atoms with Gasteiger partial charge in [-0.05, 0) is 47.0 Å². The van der Waals surface area contributed by atoms with Crippen molar-refractivity contribution in [3.05, 3.63) is 35.9 Å². The number of hydrogen-bond donors (Lipinski definition) is 6. The zero-order chi connectivity index (χ0) is 15.6. The molecule has 0 aliphatic carbocycles. The van der Waals surface area contributed by atoms with Crippen molar-refractivity contribution in [2.45, 2.75) is 12.5 Å². The largest absolute Gasteiger partial charge is 0.399 e. The standard InChI is InChI=1S/C15H20N4O2/c16-9-1-8(2-10(17)3-9)13-4-11(18)5-15(19)14(13)6-12(21)7-20/h1-5,12,20-21H,6-7,16-19H2.